The fourth-order valence-corrected chi connectivity index (χ4v) is 3.43. The van der Waals surface area contributed by atoms with Gasteiger partial charge in [-0.25, -0.2) is 4.79 Å². The molecule has 0 aliphatic carbocycles. The van der Waals surface area contributed by atoms with Crippen molar-refractivity contribution in [2.24, 2.45) is 0 Å². The number of rotatable bonds is 16. The third kappa shape index (κ3) is 19.8. The SMILES string of the molecule is CC(=C=O)CCCC(C)=CCCC(C)=CCCC=C(C)CCC=C(C)CCC=C(C)C. The molecule has 0 aromatic rings. The van der Waals surface area contributed by atoms with E-state index in [1.807, 2.05) is 12.9 Å². The number of carbonyl (C=O) groups excluding carboxylic acids is 1. The van der Waals surface area contributed by atoms with Gasteiger partial charge in [-0.1, -0.05) is 58.2 Å². The predicted molar refractivity (Wildman–Crippen MR) is 140 cm³/mol. The molecule has 0 saturated heterocycles. The molecule has 0 aliphatic heterocycles. The van der Waals surface area contributed by atoms with Crippen molar-refractivity contribution >= 4 is 5.94 Å². The smallest absolute Gasteiger partial charge is 0.123 e. The van der Waals surface area contributed by atoms with Gasteiger partial charge in [0.05, 0.1) is 0 Å². The van der Waals surface area contributed by atoms with Crippen molar-refractivity contribution in [2.75, 3.05) is 0 Å². The molecule has 0 aliphatic rings. The molecule has 0 heterocycles. The lowest BCUT2D eigenvalue weighted by molar-refractivity contribution is 0.565. The van der Waals surface area contributed by atoms with Gasteiger partial charge >= 0.3 is 0 Å². The summed E-state index contributed by atoms with van der Waals surface area (Å²) in [7, 11) is 0. The second-order valence-corrected chi connectivity index (χ2v) is 9.41. The molecule has 0 saturated carbocycles. The van der Waals surface area contributed by atoms with Gasteiger partial charge in [0.2, 0.25) is 0 Å². The quantitative estimate of drug-likeness (QED) is 0.137. The highest BCUT2D eigenvalue weighted by Crippen LogP contribution is 2.15. The minimum absolute atomic E-state index is 0.831. The molecule has 0 atom stereocenters. The van der Waals surface area contributed by atoms with Crippen LogP contribution in [0.5, 0.6) is 0 Å². The summed E-state index contributed by atoms with van der Waals surface area (Å²) in [5, 5.41) is 0. The van der Waals surface area contributed by atoms with E-state index in [-0.39, 0.29) is 0 Å². The lowest BCUT2D eigenvalue weighted by atomic mass is 10.0. The fourth-order valence-electron chi connectivity index (χ4n) is 3.43. The molecular weight excluding hydrogens is 376 g/mol. The summed E-state index contributed by atoms with van der Waals surface area (Å²) in [5.41, 5.74) is 8.20. The largest absolute Gasteiger partial charge is 0.234 e. The van der Waals surface area contributed by atoms with Gasteiger partial charge in [-0.05, 0) is 119 Å². The first-order valence-electron chi connectivity index (χ1n) is 12.2. The lowest BCUT2D eigenvalue weighted by Crippen LogP contribution is -1.84. The predicted octanol–water partition coefficient (Wildman–Crippen LogP) is 9.81. The van der Waals surface area contributed by atoms with Crippen LogP contribution in [-0.4, -0.2) is 5.94 Å². The minimum atomic E-state index is 0.831. The third-order valence-corrected chi connectivity index (χ3v) is 5.60. The highest BCUT2D eigenvalue weighted by molar-refractivity contribution is 5.50. The molecule has 0 radical (unpaired) electrons. The van der Waals surface area contributed by atoms with Crippen LogP contribution in [0.25, 0.3) is 0 Å². The summed E-state index contributed by atoms with van der Waals surface area (Å²) in [4.78, 5) is 10.5. The van der Waals surface area contributed by atoms with Gasteiger partial charge in [-0.2, -0.15) is 0 Å². The minimum Gasteiger partial charge on any atom is -0.234 e. The van der Waals surface area contributed by atoms with Crippen LogP contribution in [0.15, 0.2) is 63.8 Å². The Hall–Kier alpha value is -1.85. The molecule has 31 heavy (non-hydrogen) atoms. The van der Waals surface area contributed by atoms with Crippen LogP contribution in [0.2, 0.25) is 0 Å². The van der Waals surface area contributed by atoms with Crippen molar-refractivity contribution in [3.05, 3.63) is 63.8 Å². The summed E-state index contributed by atoms with van der Waals surface area (Å²) in [6, 6.07) is 0. The molecule has 1 nitrogen and oxygen atoms in total. The topological polar surface area (TPSA) is 17.1 Å². The van der Waals surface area contributed by atoms with Crippen LogP contribution >= 0.6 is 0 Å². The highest BCUT2D eigenvalue weighted by atomic mass is 16.1. The molecule has 1 heteroatoms. The van der Waals surface area contributed by atoms with Crippen molar-refractivity contribution in [2.45, 2.75) is 119 Å². The second-order valence-electron chi connectivity index (χ2n) is 9.41. The normalized spacial score (nSPS) is 13.3. The molecule has 0 N–H and O–H groups in total. The van der Waals surface area contributed by atoms with Crippen LogP contribution < -0.4 is 0 Å². The number of hydrogen-bond acceptors (Lipinski definition) is 1. The van der Waals surface area contributed by atoms with E-state index in [2.05, 4.69) is 71.9 Å². The third-order valence-electron chi connectivity index (χ3n) is 5.60. The molecule has 0 amide bonds. The Morgan fingerprint density at radius 3 is 1.32 bits per heavy atom. The van der Waals surface area contributed by atoms with Crippen molar-refractivity contribution in [1.82, 2.24) is 0 Å². The lowest BCUT2D eigenvalue weighted by Gasteiger charge is -2.03. The Morgan fingerprint density at radius 2 is 0.903 bits per heavy atom. The number of hydrogen-bond donors (Lipinski definition) is 0. The van der Waals surface area contributed by atoms with E-state index >= 15 is 0 Å². The number of allylic oxidation sites excluding steroid dienone is 11. The average Bonchev–Trinajstić information content (AvgIpc) is 2.70. The van der Waals surface area contributed by atoms with Crippen LogP contribution in [0, 0.1) is 0 Å². The van der Waals surface area contributed by atoms with Crippen molar-refractivity contribution in [3.8, 4) is 0 Å². The Balaban J connectivity index is 4.05. The summed E-state index contributed by atoms with van der Waals surface area (Å²) >= 11 is 0. The summed E-state index contributed by atoms with van der Waals surface area (Å²) in [6.07, 6.45) is 24.1. The first-order chi connectivity index (χ1) is 14.7. The average molecular weight is 425 g/mol. The molecular formula is C30H48O. The van der Waals surface area contributed by atoms with Gasteiger partial charge in [0.15, 0.2) is 0 Å². The molecule has 174 valence electrons. The molecule has 0 unspecified atom stereocenters. The Kier molecular flexibility index (Phi) is 17.8. The summed E-state index contributed by atoms with van der Waals surface area (Å²) in [5.74, 6) is 1.98. The zero-order chi connectivity index (χ0) is 23.5. The van der Waals surface area contributed by atoms with Crippen LogP contribution in [0.3, 0.4) is 0 Å². The standard InChI is InChI=1S/C30H48O/c1-25(2)14-10-17-28(5)20-11-18-26(3)15-8-9-16-27(4)19-12-21-29(6)22-13-23-30(7)24-31/h14-16,20-21H,8-13,17-19,22-23H2,1-7H3. The highest BCUT2D eigenvalue weighted by Gasteiger charge is 1.96. The Bertz CT molecular complexity index is 699. The molecule has 0 aromatic carbocycles. The van der Waals surface area contributed by atoms with Gasteiger partial charge in [0.25, 0.3) is 0 Å². The van der Waals surface area contributed by atoms with Gasteiger partial charge in [0.1, 0.15) is 5.94 Å². The van der Waals surface area contributed by atoms with E-state index in [0.29, 0.717) is 0 Å². The van der Waals surface area contributed by atoms with Crippen molar-refractivity contribution in [3.63, 3.8) is 0 Å². The zero-order valence-electron chi connectivity index (χ0n) is 21.6. The first-order valence-corrected chi connectivity index (χ1v) is 12.2. The Morgan fingerprint density at radius 1 is 0.516 bits per heavy atom. The first kappa shape index (κ1) is 29.1. The maximum absolute atomic E-state index is 10.5. The molecule has 0 rings (SSSR count). The van der Waals surface area contributed by atoms with Gasteiger partial charge in [-0.15, -0.1) is 0 Å². The zero-order valence-corrected chi connectivity index (χ0v) is 21.6. The van der Waals surface area contributed by atoms with E-state index in [4.69, 9.17) is 0 Å². The van der Waals surface area contributed by atoms with E-state index in [9.17, 15) is 4.79 Å². The molecule has 0 fully saturated rings. The van der Waals surface area contributed by atoms with E-state index in [1.54, 1.807) is 0 Å². The molecule has 0 spiro atoms. The summed E-state index contributed by atoms with van der Waals surface area (Å²) in [6.45, 7) is 15.2. The molecule has 0 aromatic heterocycles. The van der Waals surface area contributed by atoms with Crippen LogP contribution in [-0.2, 0) is 4.79 Å². The Labute approximate surface area is 193 Å². The van der Waals surface area contributed by atoms with Crippen molar-refractivity contribution < 1.29 is 4.79 Å². The maximum Gasteiger partial charge on any atom is 0.123 e. The van der Waals surface area contributed by atoms with Crippen LogP contribution in [0.4, 0.5) is 0 Å². The van der Waals surface area contributed by atoms with Crippen LogP contribution in [0.1, 0.15) is 119 Å². The van der Waals surface area contributed by atoms with Gasteiger partial charge < -0.3 is 0 Å². The summed E-state index contributed by atoms with van der Waals surface area (Å²) < 4.78 is 0. The van der Waals surface area contributed by atoms with E-state index < -0.39 is 0 Å². The fraction of sp³-hybridized carbons (Fsp3) is 0.600. The van der Waals surface area contributed by atoms with Crippen molar-refractivity contribution in [1.29, 1.82) is 0 Å². The monoisotopic (exact) mass is 424 g/mol. The van der Waals surface area contributed by atoms with Gasteiger partial charge in [0, 0.05) is 5.57 Å². The van der Waals surface area contributed by atoms with Gasteiger partial charge in [-0.3, -0.25) is 0 Å². The molecule has 0 bridgehead atoms. The van der Waals surface area contributed by atoms with E-state index in [0.717, 1.165) is 56.9 Å². The maximum atomic E-state index is 10.5. The second kappa shape index (κ2) is 18.9. The number of unbranched alkanes of at least 4 members (excludes halogenated alkanes) is 1. The van der Waals surface area contributed by atoms with E-state index in [1.165, 1.54) is 47.1 Å².